The fourth-order valence-electron chi connectivity index (χ4n) is 2.77. The van der Waals surface area contributed by atoms with Crippen molar-refractivity contribution in [1.82, 2.24) is 9.78 Å². The molecule has 0 amide bonds. The lowest BCUT2D eigenvalue weighted by atomic mass is 10.1. The maximum absolute atomic E-state index is 14.2. The van der Waals surface area contributed by atoms with Crippen molar-refractivity contribution < 1.29 is 30.7 Å². The van der Waals surface area contributed by atoms with Gasteiger partial charge in [0.05, 0.1) is 18.5 Å². The number of thiol groups is 1. The molecule has 30 heavy (non-hydrogen) atoms. The van der Waals surface area contributed by atoms with Gasteiger partial charge in [-0.3, -0.25) is 4.72 Å². The standard InChI is InChI=1S/C18H12F4N4O3S/c1-29-15-7-2-10(8-14(15)19)16-13(9-23)17(18(20,21)22)24-26(16)12-5-3-11(4-6-12)25-30(27)28/h2-8,30H,1H3,(H,25,27,28). The van der Waals surface area contributed by atoms with Gasteiger partial charge in [-0.1, -0.05) is 0 Å². The molecule has 1 N–H and O–H groups in total. The minimum absolute atomic E-state index is 0.0299. The van der Waals surface area contributed by atoms with Crippen molar-refractivity contribution in [1.29, 1.82) is 5.26 Å². The Bertz CT molecular complexity index is 1200. The van der Waals surface area contributed by atoms with E-state index in [0.717, 1.165) is 10.7 Å². The molecule has 7 nitrogen and oxygen atoms in total. The number of hydrogen-bond acceptors (Lipinski definition) is 5. The van der Waals surface area contributed by atoms with Crippen molar-refractivity contribution in [2.75, 3.05) is 11.8 Å². The van der Waals surface area contributed by atoms with Gasteiger partial charge in [-0.2, -0.15) is 23.5 Å². The average Bonchev–Trinajstić information content (AvgIpc) is 3.08. The van der Waals surface area contributed by atoms with E-state index in [1.807, 2.05) is 0 Å². The van der Waals surface area contributed by atoms with Crippen molar-refractivity contribution in [2.24, 2.45) is 0 Å². The summed E-state index contributed by atoms with van der Waals surface area (Å²) in [5, 5.41) is 12.9. The highest BCUT2D eigenvalue weighted by atomic mass is 32.2. The van der Waals surface area contributed by atoms with Crippen LogP contribution in [0.5, 0.6) is 5.75 Å². The summed E-state index contributed by atoms with van der Waals surface area (Å²) in [4.78, 5) is 0. The fourth-order valence-corrected chi connectivity index (χ4v) is 3.13. The van der Waals surface area contributed by atoms with E-state index in [0.29, 0.717) is 0 Å². The number of anilines is 1. The zero-order valence-corrected chi connectivity index (χ0v) is 16.0. The van der Waals surface area contributed by atoms with Crippen molar-refractivity contribution in [3.8, 4) is 28.8 Å². The van der Waals surface area contributed by atoms with E-state index in [1.165, 1.54) is 49.6 Å². The maximum Gasteiger partial charge on any atom is 0.436 e. The molecule has 0 radical (unpaired) electrons. The highest BCUT2D eigenvalue weighted by Gasteiger charge is 2.40. The topological polar surface area (TPSA) is 97.0 Å². The predicted octanol–water partition coefficient (Wildman–Crippen LogP) is 3.52. The van der Waals surface area contributed by atoms with Crippen LogP contribution in [-0.4, -0.2) is 25.3 Å². The van der Waals surface area contributed by atoms with Gasteiger partial charge in [-0.05, 0) is 42.5 Å². The van der Waals surface area contributed by atoms with Crippen molar-refractivity contribution in [3.05, 3.63) is 59.5 Å². The van der Waals surface area contributed by atoms with Crippen LogP contribution in [0.15, 0.2) is 42.5 Å². The number of nitriles is 1. The molecule has 3 rings (SSSR count). The normalized spacial score (nSPS) is 11.4. The van der Waals surface area contributed by atoms with Crippen LogP contribution in [0.25, 0.3) is 16.9 Å². The highest BCUT2D eigenvalue weighted by molar-refractivity contribution is 7.73. The second-order valence-electron chi connectivity index (χ2n) is 5.86. The fraction of sp³-hybridized carbons (Fsp3) is 0.111. The molecule has 2 aromatic carbocycles. The molecular weight excluding hydrogens is 428 g/mol. The Kier molecular flexibility index (Phi) is 5.66. The quantitative estimate of drug-likeness (QED) is 0.468. The molecule has 1 aromatic heterocycles. The molecule has 156 valence electrons. The van der Waals surface area contributed by atoms with E-state index in [4.69, 9.17) is 4.74 Å². The summed E-state index contributed by atoms with van der Waals surface area (Å²) < 4.78 is 83.9. The Morgan fingerprint density at radius 2 is 1.83 bits per heavy atom. The first kappa shape index (κ1) is 21.1. The van der Waals surface area contributed by atoms with E-state index in [-0.39, 0.29) is 28.4 Å². The second kappa shape index (κ2) is 8.03. The number of aromatic nitrogens is 2. The van der Waals surface area contributed by atoms with Gasteiger partial charge in [-0.25, -0.2) is 17.5 Å². The third kappa shape index (κ3) is 4.06. The van der Waals surface area contributed by atoms with Crippen molar-refractivity contribution >= 4 is 16.6 Å². The molecular formula is C18H12F4N4O3S. The molecule has 0 aliphatic rings. The van der Waals surface area contributed by atoms with Crippen LogP contribution in [0.1, 0.15) is 11.3 Å². The maximum atomic E-state index is 14.2. The zero-order chi connectivity index (χ0) is 22.1. The number of nitrogens with zero attached hydrogens (tertiary/aromatic N) is 3. The van der Waals surface area contributed by atoms with Crippen LogP contribution in [0.4, 0.5) is 23.2 Å². The summed E-state index contributed by atoms with van der Waals surface area (Å²) >= 11 is 0. The minimum Gasteiger partial charge on any atom is -0.494 e. The highest BCUT2D eigenvalue weighted by Crippen LogP contribution is 2.38. The number of alkyl halides is 3. The number of hydrogen-bond donors (Lipinski definition) is 2. The monoisotopic (exact) mass is 440 g/mol. The summed E-state index contributed by atoms with van der Waals surface area (Å²) in [7, 11) is -1.70. The minimum atomic E-state index is -4.93. The van der Waals surface area contributed by atoms with Crippen LogP contribution in [0.3, 0.4) is 0 Å². The third-order valence-electron chi connectivity index (χ3n) is 4.02. The van der Waals surface area contributed by atoms with Gasteiger partial charge in [-0.15, -0.1) is 0 Å². The number of ether oxygens (including phenoxy) is 1. The summed E-state index contributed by atoms with van der Waals surface area (Å²) in [5.74, 6) is -0.958. The predicted molar refractivity (Wildman–Crippen MR) is 99.2 cm³/mol. The van der Waals surface area contributed by atoms with Gasteiger partial charge in [0.1, 0.15) is 11.6 Å². The molecule has 0 fully saturated rings. The lowest BCUT2D eigenvalue weighted by molar-refractivity contribution is -0.141. The summed E-state index contributed by atoms with van der Waals surface area (Å²) in [6.45, 7) is 0. The SMILES string of the molecule is COc1ccc(-c2c(C#N)c(C(F)(F)F)nn2-c2ccc(N[SH](=O)=O)cc2)cc1F. The van der Waals surface area contributed by atoms with Crippen LogP contribution in [-0.2, 0) is 17.1 Å². The first-order chi connectivity index (χ1) is 14.2. The summed E-state index contributed by atoms with van der Waals surface area (Å²) in [6, 6.07) is 10.2. The summed E-state index contributed by atoms with van der Waals surface area (Å²) in [5.41, 5.74) is -2.24. The summed E-state index contributed by atoms with van der Waals surface area (Å²) in [6.07, 6.45) is -4.93. The average molecular weight is 440 g/mol. The zero-order valence-electron chi connectivity index (χ0n) is 15.1. The van der Waals surface area contributed by atoms with Gasteiger partial charge in [0.25, 0.3) is 0 Å². The van der Waals surface area contributed by atoms with Crippen molar-refractivity contribution in [2.45, 2.75) is 6.18 Å². The van der Waals surface area contributed by atoms with Gasteiger partial charge in [0, 0.05) is 11.3 Å². The number of rotatable bonds is 5. The van der Waals surface area contributed by atoms with E-state index in [1.54, 1.807) is 0 Å². The van der Waals surface area contributed by atoms with Crippen LogP contribution >= 0.6 is 0 Å². The van der Waals surface area contributed by atoms with E-state index < -0.39 is 34.1 Å². The lowest BCUT2D eigenvalue weighted by Crippen LogP contribution is -2.08. The Morgan fingerprint density at radius 3 is 2.33 bits per heavy atom. The van der Waals surface area contributed by atoms with Crippen LogP contribution in [0, 0.1) is 17.1 Å². The molecule has 0 saturated heterocycles. The third-order valence-corrected chi connectivity index (χ3v) is 4.46. The Balaban J connectivity index is 2.26. The Hall–Kier alpha value is -3.59. The molecule has 0 atom stereocenters. The first-order valence-electron chi connectivity index (χ1n) is 8.11. The van der Waals surface area contributed by atoms with Gasteiger partial charge in [0.2, 0.25) is 10.9 Å². The number of benzene rings is 2. The largest absolute Gasteiger partial charge is 0.494 e. The van der Waals surface area contributed by atoms with E-state index >= 15 is 0 Å². The molecule has 0 spiro atoms. The van der Waals surface area contributed by atoms with Crippen LogP contribution < -0.4 is 9.46 Å². The first-order valence-corrected chi connectivity index (χ1v) is 9.29. The smallest absolute Gasteiger partial charge is 0.436 e. The number of methoxy groups -OCH3 is 1. The molecule has 0 bridgehead atoms. The molecule has 0 aliphatic heterocycles. The van der Waals surface area contributed by atoms with E-state index in [9.17, 15) is 31.2 Å². The lowest BCUT2D eigenvalue weighted by Gasteiger charge is -2.10. The second-order valence-corrected chi connectivity index (χ2v) is 6.60. The molecule has 0 unspecified atom stereocenters. The van der Waals surface area contributed by atoms with Crippen molar-refractivity contribution in [3.63, 3.8) is 0 Å². The molecule has 12 heteroatoms. The number of nitrogens with one attached hydrogen (secondary N) is 1. The molecule has 0 saturated carbocycles. The molecule has 1 heterocycles. The Labute approximate surface area is 169 Å². The van der Waals surface area contributed by atoms with E-state index in [2.05, 4.69) is 9.82 Å². The van der Waals surface area contributed by atoms with Crippen LogP contribution in [0.2, 0.25) is 0 Å². The molecule has 3 aromatic rings. The van der Waals surface area contributed by atoms with Gasteiger partial charge < -0.3 is 4.74 Å². The van der Waals surface area contributed by atoms with Gasteiger partial charge >= 0.3 is 6.18 Å². The van der Waals surface area contributed by atoms with Gasteiger partial charge in [0.15, 0.2) is 17.3 Å². The molecule has 0 aliphatic carbocycles. The number of halogens is 4. The Morgan fingerprint density at radius 1 is 1.17 bits per heavy atom.